The van der Waals surface area contributed by atoms with Gasteiger partial charge in [-0.1, -0.05) is 30.3 Å². The Morgan fingerprint density at radius 2 is 1.95 bits per heavy atom. The van der Waals surface area contributed by atoms with E-state index in [2.05, 4.69) is 0 Å². The van der Waals surface area contributed by atoms with Crippen molar-refractivity contribution in [2.75, 3.05) is 0 Å². The molecule has 2 unspecified atom stereocenters. The highest BCUT2D eigenvalue weighted by Crippen LogP contribution is 2.29. The number of thiophene rings is 1. The van der Waals surface area contributed by atoms with Crippen molar-refractivity contribution in [2.24, 2.45) is 0 Å². The SMILES string of the molecule is CC(C(=O)N1Cc2ccccc2CC1C(=O)O)c1cccs1. The zero-order chi connectivity index (χ0) is 15.7. The molecule has 0 saturated heterocycles. The van der Waals surface area contributed by atoms with Crippen molar-refractivity contribution < 1.29 is 14.7 Å². The van der Waals surface area contributed by atoms with Gasteiger partial charge in [-0.2, -0.15) is 0 Å². The fraction of sp³-hybridized carbons (Fsp3) is 0.294. The van der Waals surface area contributed by atoms with Crippen LogP contribution in [-0.4, -0.2) is 27.9 Å². The molecule has 0 fully saturated rings. The lowest BCUT2D eigenvalue weighted by Crippen LogP contribution is -2.49. The summed E-state index contributed by atoms with van der Waals surface area (Å²) in [5.41, 5.74) is 2.05. The number of hydrogen-bond acceptors (Lipinski definition) is 3. The molecule has 0 spiro atoms. The summed E-state index contributed by atoms with van der Waals surface area (Å²) in [5, 5.41) is 11.4. The summed E-state index contributed by atoms with van der Waals surface area (Å²) in [6, 6.07) is 10.8. The maximum atomic E-state index is 12.8. The Bertz CT molecular complexity index is 696. The summed E-state index contributed by atoms with van der Waals surface area (Å²) in [5.74, 6) is -1.38. The molecule has 1 aromatic carbocycles. The van der Waals surface area contributed by atoms with E-state index in [4.69, 9.17) is 0 Å². The zero-order valence-corrected chi connectivity index (χ0v) is 13.0. The van der Waals surface area contributed by atoms with E-state index in [0.29, 0.717) is 13.0 Å². The third-order valence-corrected chi connectivity index (χ3v) is 5.21. The van der Waals surface area contributed by atoms with E-state index in [0.717, 1.165) is 16.0 Å². The summed E-state index contributed by atoms with van der Waals surface area (Å²) in [6.45, 7) is 2.20. The van der Waals surface area contributed by atoms with Gasteiger partial charge in [0.05, 0.1) is 5.92 Å². The number of carbonyl (C=O) groups excluding carboxylic acids is 1. The third-order valence-electron chi connectivity index (χ3n) is 4.16. The lowest BCUT2D eigenvalue weighted by Gasteiger charge is -2.35. The van der Waals surface area contributed by atoms with E-state index in [1.54, 1.807) is 0 Å². The van der Waals surface area contributed by atoms with Crippen LogP contribution in [-0.2, 0) is 22.6 Å². The number of carboxylic acids is 1. The zero-order valence-electron chi connectivity index (χ0n) is 12.2. The highest BCUT2D eigenvalue weighted by molar-refractivity contribution is 7.10. The van der Waals surface area contributed by atoms with Gasteiger partial charge in [-0.05, 0) is 29.5 Å². The fourth-order valence-electron chi connectivity index (χ4n) is 2.88. The number of hydrogen-bond donors (Lipinski definition) is 1. The van der Waals surface area contributed by atoms with Gasteiger partial charge in [0.15, 0.2) is 0 Å². The van der Waals surface area contributed by atoms with Gasteiger partial charge in [-0.15, -0.1) is 11.3 Å². The first-order chi connectivity index (χ1) is 10.6. The van der Waals surface area contributed by atoms with Crippen LogP contribution in [0.4, 0.5) is 0 Å². The number of fused-ring (bicyclic) bond motifs is 1. The van der Waals surface area contributed by atoms with Crippen molar-refractivity contribution in [3.63, 3.8) is 0 Å². The number of carbonyl (C=O) groups is 2. The van der Waals surface area contributed by atoms with Gasteiger partial charge in [-0.25, -0.2) is 4.79 Å². The first-order valence-corrected chi connectivity index (χ1v) is 8.09. The minimum atomic E-state index is -0.943. The number of aliphatic carboxylic acids is 1. The molecule has 0 bridgehead atoms. The van der Waals surface area contributed by atoms with Gasteiger partial charge in [-0.3, -0.25) is 4.79 Å². The molecule has 0 radical (unpaired) electrons. The molecular weight excluding hydrogens is 298 g/mol. The van der Waals surface area contributed by atoms with Crippen LogP contribution in [0.25, 0.3) is 0 Å². The second-order valence-electron chi connectivity index (χ2n) is 5.53. The van der Waals surface area contributed by atoms with Crippen molar-refractivity contribution in [3.8, 4) is 0 Å². The van der Waals surface area contributed by atoms with Crippen molar-refractivity contribution in [1.82, 2.24) is 4.90 Å². The van der Waals surface area contributed by atoms with E-state index < -0.39 is 12.0 Å². The van der Waals surface area contributed by atoms with Crippen molar-refractivity contribution in [1.29, 1.82) is 0 Å². The number of amides is 1. The third kappa shape index (κ3) is 2.64. The number of benzene rings is 1. The average Bonchev–Trinajstić information content (AvgIpc) is 3.06. The molecule has 1 aromatic heterocycles. The van der Waals surface area contributed by atoms with Crippen molar-refractivity contribution in [2.45, 2.75) is 31.8 Å². The molecule has 3 rings (SSSR count). The standard InChI is InChI=1S/C17H17NO3S/c1-11(15-7-4-8-22-15)16(19)18-10-13-6-3-2-5-12(13)9-14(18)17(20)21/h2-8,11,14H,9-10H2,1H3,(H,20,21). The molecule has 0 aliphatic carbocycles. The molecule has 2 aromatic rings. The van der Waals surface area contributed by atoms with Gasteiger partial charge >= 0.3 is 5.97 Å². The Kier molecular flexibility index (Phi) is 3.98. The lowest BCUT2D eigenvalue weighted by molar-refractivity contribution is -0.151. The summed E-state index contributed by atoms with van der Waals surface area (Å²) in [6.07, 6.45) is 0.369. The monoisotopic (exact) mass is 315 g/mol. The first kappa shape index (κ1) is 14.8. The summed E-state index contributed by atoms with van der Waals surface area (Å²) in [4.78, 5) is 26.9. The summed E-state index contributed by atoms with van der Waals surface area (Å²) < 4.78 is 0. The molecule has 1 aliphatic rings. The predicted octanol–water partition coefficient (Wildman–Crippen LogP) is 2.89. The van der Waals surface area contributed by atoms with Gasteiger partial charge in [0.25, 0.3) is 0 Å². The Hall–Kier alpha value is -2.14. The predicted molar refractivity (Wildman–Crippen MR) is 84.9 cm³/mol. The summed E-state index contributed by atoms with van der Waals surface area (Å²) >= 11 is 1.52. The van der Waals surface area contributed by atoms with E-state index in [9.17, 15) is 14.7 Å². The molecule has 0 saturated carbocycles. The molecule has 2 atom stereocenters. The maximum Gasteiger partial charge on any atom is 0.326 e. The molecule has 22 heavy (non-hydrogen) atoms. The molecule has 2 heterocycles. The lowest BCUT2D eigenvalue weighted by atomic mass is 9.92. The minimum absolute atomic E-state index is 0.121. The van der Waals surface area contributed by atoms with E-state index in [-0.39, 0.29) is 11.8 Å². The van der Waals surface area contributed by atoms with Gasteiger partial charge in [0.1, 0.15) is 6.04 Å². The van der Waals surface area contributed by atoms with Gasteiger partial charge in [0.2, 0.25) is 5.91 Å². The Morgan fingerprint density at radius 3 is 2.59 bits per heavy atom. The molecule has 114 valence electrons. The Morgan fingerprint density at radius 1 is 1.23 bits per heavy atom. The van der Waals surface area contributed by atoms with Crippen LogP contribution in [0.1, 0.15) is 28.8 Å². The van der Waals surface area contributed by atoms with Crippen molar-refractivity contribution >= 4 is 23.2 Å². The molecule has 1 N–H and O–H groups in total. The first-order valence-electron chi connectivity index (χ1n) is 7.21. The largest absolute Gasteiger partial charge is 0.480 e. The smallest absolute Gasteiger partial charge is 0.326 e. The second-order valence-corrected chi connectivity index (χ2v) is 6.51. The molecule has 1 amide bonds. The van der Waals surface area contributed by atoms with Crippen LogP contribution in [0, 0.1) is 0 Å². The number of carboxylic acid groups (broad SMARTS) is 1. The van der Waals surface area contributed by atoms with Crippen LogP contribution < -0.4 is 0 Å². The summed E-state index contributed by atoms with van der Waals surface area (Å²) in [7, 11) is 0. The number of rotatable bonds is 3. The normalized spacial score (nSPS) is 18.6. The molecule has 4 nitrogen and oxygen atoms in total. The van der Waals surface area contributed by atoms with Crippen LogP contribution in [0.15, 0.2) is 41.8 Å². The molecule has 1 aliphatic heterocycles. The topological polar surface area (TPSA) is 57.6 Å². The Balaban J connectivity index is 1.90. The van der Waals surface area contributed by atoms with Gasteiger partial charge in [0, 0.05) is 17.8 Å². The van der Waals surface area contributed by atoms with E-state index in [1.165, 1.54) is 16.2 Å². The average molecular weight is 315 g/mol. The molecular formula is C17H17NO3S. The van der Waals surface area contributed by atoms with Crippen molar-refractivity contribution in [3.05, 3.63) is 57.8 Å². The van der Waals surface area contributed by atoms with Gasteiger partial charge < -0.3 is 10.0 Å². The fourth-order valence-corrected chi connectivity index (χ4v) is 3.66. The maximum absolute atomic E-state index is 12.8. The Labute approximate surface area is 133 Å². The van der Waals surface area contributed by atoms with Crippen LogP contribution in [0.5, 0.6) is 0 Å². The van der Waals surface area contributed by atoms with E-state index >= 15 is 0 Å². The number of nitrogens with zero attached hydrogens (tertiary/aromatic N) is 1. The molecule has 5 heteroatoms. The van der Waals surface area contributed by atoms with Crippen LogP contribution in [0.3, 0.4) is 0 Å². The van der Waals surface area contributed by atoms with Crippen LogP contribution in [0.2, 0.25) is 0 Å². The quantitative estimate of drug-likeness (QED) is 0.947. The van der Waals surface area contributed by atoms with E-state index in [1.807, 2.05) is 48.7 Å². The highest BCUT2D eigenvalue weighted by Gasteiger charge is 2.36. The van der Waals surface area contributed by atoms with Crippen LogP contribution >= 0.6 is 11.3 Å². The highest BCUT2D eigenvalue weighted by atomic mass is 32.1. The minimum Gasteiger partial charge on any atom is -0.480 e. The second kappa shape index (κ2) is 5.93.